The fourth-order valence-corrected chi connectivity index (χ4v) is 5.57. The molecule has 1 aliphatic carbocycles. The SMILES string of the molecule is Cn1c(SCC(=O)Nc2cccc(S(=O)(=O)N3CCCC3)c2)nnc1C1CC1. The average Bonchev–Trinajstić information content (AvgIpc) is 3.21. The summed E-state index contributed by atoms with van der Waals surface area (Å²) >= 11 is 1.32. The molecule has 1 saturated heterocycles. The van der Waals surface area contributed by atoms with E-state index in [9.17, 15) is 13.2 Å². The van der Waals surface area contributed by atoms with Crippen LogP contribution in [0.5, 0.6) is 0 Å². The van der Waals surface area contributed by atoms with Gasteiger partial charge in [-0.2, -0.15) is 4.31 Å². The van der Waals surface area contributed by atoms with E-state index in [0.717, 1.165) is 31.5 Å². The molecule has 0 radical (unpaired) electrons. The molecule has 10 heteroatoms. The van der Waals surface area contributed by atoms with Crippen molar-refractivity contribution in [1.29, 1.82) is 0 Å². The van der Waals surface area contributed by atoms with Crippen LogP contribution in [0.2, 0.25) is 0 Å². The van der Waals surface area contributed by atoms with Gasteiger partial charge in [-0.1, -0.05) is 17.8 Å². The smallest absolute Gasteiger partial charge is 0.243 e. The van der Waals surface area contributed by atoms with Gasteiger partial charge in [0.1, 0.15) is 5.82 Å². The van der Waals surface area contributed by atoms with Gasteiger partial charge in [-0.25, -0.2) is 8.42 Å². The van der Waals surface area contributed by atoms with E-state index in [4.69, 9.17) is 0 Å². The normalized spacial score (nSPS) is 17.8. The van der Waals surface area contributed by atoms with Crippen molar-refractivity contribution >= 4 is 33.4 Å². The van der Waals surface area contributed by atoms with Crippen molar-refractivity contribution in [2.24, 2.45) is 7.05 Å². The van der Waals surface area contributed by atoms with Gasteiger partial charge in [0.2, 0.25) is 15.9 Å². The third kappa shape index (κ3) is 4.08. The first-order valence-electron chi connectivity index (χ1n) is 9.37. The van der Waals surface area contributed by atoms with Crippen molar-refractivity contribution in [1.82, 2.24) is 19.1 Å². The van der Waals surface area contributed by atoms with E-state index >= 15 is 0 Å². The number of hydrogen-bond donors (Lipinski definition) is 1. The fourth-order valence-electron chi connectivity index (χ4n) is 3.29. The van der Waals surface area contributed by atoms with E-state index in [0.29, 0.717) is 29.9 Å². The summed E-state index contributed by atoms with van der Waals surface area (Å²) in [5.41, 5.74) is 0.475. The van der Waals surface area contributed by atoms with Crippen LogP contribution in [0.1, 0.15) is 37.4 Å². The number of sulfonamides is 1. The summed E-state index contributed by atoms with van der Waals surface area (Å²) in [4.78, 5) is 12.5. The lowest BCUT2D eigenvalue weighted by atomic mass is 10.3. The molecule has 1 amide bonds. The van der Waals surface area contributed by atoms with E-state index in [1.807, 2.05) is 11.6 Å². The summed E-state index contributed by atoms with van der Waals surface area (Å²) in [7, 11) is -1.58. The first-order valence-corrected chi connectivity index (χ1v) is 11.8. The summed E-state index contributed by atoms with van der Waals surface area (Å²) < 4.78 is 28.8. The summed E-state index contributed by atoms with van der Waals surface area (Å²) in [6.07, 6.45) is 4.07. The van der Waals surface area contributed by atoms with Crippen LogP contribution in [0.4, 0.5) is 5.69 Å². The third-order valence-electron chi connectivity index (χ3n) is 4.96. The maximum atomic E-state index is 12.7. The predicted molar refractivity (Wildman–Crippen MR) is 107 cm³/mol. The highest BCUT2D eigenvalue weighted by Crippen LogP contribution is 2.39. The molecular weight excluding hydrogens is 398 g/mol. The number of rotatable bonds is 7. The van der Waals surface area contributed by atoms with Crippen LogP contribution in [-0.4, -0.2) is 52.2 Å². The Morgan fingerprint density at radius 3 is 2.71 bits per heavy atom. The molecule has 150 valence electrons. The van der Waals surface area contributed by atoms with Crippen molar-refractivity contribution in [2.45, 2.75) is 41.7 Å². The molecule has 1 N–H and O–H groups in total. The van der Waals surface area contributed by atoms with Gasteiger partial charge in [0, 0.05) is 31.7 Å². The second-order valence-corrected chi connectivity index (χ2v) is 10.0. The second-order valence-electron chi connectivity index (χ2n) is 7.15. The quantitative estimate of drug-likeness (QED) is 0.689. The Balaban J connectivity index is 1.38. The molecule has 8 nitrogen and oxygen atoms in total. The monoisotopic (exact) mass is 421 g/mol. The fraction of sp³-hybridized carbons (Fsp3) is 0.500. The van der Waals surface area contributed by atoms with E-state index in [-0.39, 0.29) is 16.6 Å². The molecule has 0 atom stereocenters. The number of carbonyl (C=O) groups excluding carboxylic acids is 1. The van der Waals surface area contributed by atoms with Crippen molar-refractivity contribution in [3.63, 3.8) is 0 Å². The highest BCUT2D eigenvalue weighted by atomic mass is 32.2. The van der Waals surface area contributed by atoms with Crippen LogP contribution in [0.25, 0.3) is 0 Å². The lowest BCUT2D eigenvalue weighted by molar-refractivity contribution is -0.113. The number of nitrogens with zero attached hydrogens (tertiary/aromatic N) is 4. The Bertz CT molecular complexity index is 979. The second kappa shape index (κ2) is 7.84. The Hall–Kier alpha value is -1.91. The molecular formula is C18H23N5O3S2. The molecule has 2 aromatic rings. The van der Waals surface area contributed by atoms with E-state index in [1.54, 1.807) is 18.2 Å². The Morgan fingerprint density at radius 1 is 1.25 bits per heavy atom. The van der Waals surface area contributed by atoms with Gasteiger partial charge in [-0.15, -0.1) is 10.2 Å². The predicted octanol–water partition coefficient (Wildman–Crippen LogP) is 2.21. The van der Waals surface area contributed by atoms with Gasteiger partial charge in [-0.05, 0) is 43.9 Å². The van der Waals surface area contributed by atoms with Crippen molar-refractivity contribution in [3.8, 4) is 0 Å². The molecule has 28 heavy (non-hydrogen) atoms. The van der Waals surface area contributed by atoms with E-state index in [1.165, 1.54) is 22.1 Å². The third-order valence-corrected chi connectivity index (χ3v) is 7.88. The van der Waals surface area contributed by atoms with Crippen molar-refractivity contribution in [3.05, 3.63) is 30.1 Å². The van der Waals surface area contributed by atoms with Crippen LogP contribution in [0, 0.1) is 0 Å². The first-order chi connectivity index (χ1) is 13.4. The molecule has 2 fully saturated rings. The molecule has 2 aliphatic rings. The van der Waals surface area contributed by atoms with Gasteiger partial charge >= 0.3 is 0 Å². The number of aromatic nitrogens is 3. The summed E-state index contributed by atoms with van der Waals surface area (Å²) in [5.74, 6) is 1.44. The van der Waals surface area contributed by atoms with Crippen LogP contribution in [-0.2, 0) is 21.9 Å². The zero-order chi connectivity index (χ0) is 19.7. The topological polar surface area (TPSA) is 97.2 Å². The largest absolute Gasteiger partial charge is 0.325 e. The molecule has 4 rings (SSSR count). The Morgan fingerprint density at radius 2 is 2.00 bits per heavy atom. The number of nitrogens with one attached hydrogen (secondary N) is 1. The van der Waals surface area contributed by atoms with Gasteiger partial charge in [0.15, 0.2) is 5.16 Å². The molecule has 0 bridgehead atoms. The maximum absolute atomic E-state index is 12.7. The summed E-state index contributed by atoms with van der Waals surface area (Å²) in [6.45, 7) is 1.10. The lowest BCUT2D eigenvalue weighted by Crippen LogP contribution is -2.28. The number of anilines is 1. The van der Waals surface area contributed by atoms with Gasteiger partial charge in [0.05, 0.1) is 10.6 Å². The minimum atomic E-state index is -3.50. The van der Waals surface area contributed by atoms with Crippen molar-refractivity contribution in [2.75, 3.05) is 24.2 Å². The highest BCUT2D eigenvalue weighted by molar-refractivity contribution is 7.99. The van der Waals surface area contributed by atoms with Crippen LogP contribution in [0.3, 0.4) is 0 Å². The Labute approximate surface area is 168 Å². The van der Waals surface area contributed by atoms with Gasteiger partial charge in [0.25, 0.3) is 0 Å². The van der Waals surface area contributed by atoms with E-state index in [2.05, 4.69) is 15.5 Å². The number of carbonyl (C=O) groups is 1. The Kier molecular flexibility index (Phi) is 5.44. The maximum Gasteiger partial charge on any atom is 0.243 e. The first kappa shape index (κ1) is 19.4. The molecule has 1 aromatic heterocycles. The number of thioether (sulfide) groups is 1. The molecule has 1 saturated carbocycles. The lowest BCUT2D eigenvalue weighted by Gasteiger charge is -2.16. The van der Waals surface area contributed by atoms with Crippen LogP contribution in [0.15, 0.2) is 34.3 Å². The van der Waals surface area contributed by atoms with Crippen LogP contribution >= 0.6 is 11.8 Å². The molecule has 1 aromatic carbocycles. The zero-order valence-corrected chi connectivity index (χ0v) is 17.3. The summed E-state index contributed by atoms with van der Waals surface area (Å²) in [6, 6.07) is 6.43. The molecule has 2 heterocycles. The molecule has 1 aliphatic heterocycles. The van der Waals surface area contributed by atoms with E-state index < -0.39 is 10.0 Å². The minimum Gasteiger partial charge on any atom is -0.325 e. The number of hydrogen-bond acceptors (Lipinski definition) is 6. The highest BCUT2D eigenvalue weighted by Gasteiger charge is 2.29. The molecule has 0 spiro atoms. The minimum absolute atomic E-state index is 0.180. The van der Waals surface area contributed by atoms with Gasteiger partial charge in [-0.3, -0.25) is 4.79 Å². The summed E-state index contributed by atoms with van der Waals surface area (Å²) in [5, 5.41) is 11.8. The van der Waals surface area contributed by atoms with Crippen molar-refractivity contribution < 1.29 is 13.2 Å². The standard InChI is InChI=1S/C18H23N5O3S2/c1-22-17(13-7-8-13)20-21-18(22)27-12-16(24)19-14-5-4-6-15(11-14)28(25,26)23-9-2-3-10-23/h4-6,11,13H,2-3,7-10,12H2,1H3,(H,19,24). The van der Waals surface area contributed by atoms with Crippen LogP contribution < -0.4 is 5.32 Å². The number of amides is 1. The van der Waals surface area contributed by atoms with Gasteiger partial charge < -0.3 is 9.88 Å². The number of benzene rings is 1. The zero-order valence-electron chi connectivity index (χ0n) is 15.7. The molecule has 0 unspecified atom stereocenters. The average molecular weight is 422 g/mol.